The van der Waals surface area contributed by atoms with Gasteiger partial charge in [-0.25, -0.2) is 9.97 Å². The van der Waals surface area contributed by atoms with Gasteiger partial charge in [-0.3, -0.25) is 4.57 Å². The Morgan fingerprint density at radius 1 is 0.938 bits per heavy atom. The molecule has 1 saturated carbocycles. The number of hydrogen-bond acceptors (Lipinski definition) is 6. The highest BCUT2D eigenvalue weighted by atomic mass is 35.5. The summed E-state index contributed by atoms with van der Waals surface area (Å²) in [6.07, 6.45) is 6.43. The molecule has 2 N–H and O–H groups in total. The summed E-state index contributed by atoms with van der Waals surface area (Å²) >= 11 is 6.03. The van der Waals surface area contributed by atoms with Crippen molar-refractivity contribution in [1.29, 1.82) is 0 Å². The van der Waals surface area contributed by atoms with Crippen molar-refractivity contribution in [3.05, 3.63) is 59.8 Å². The zero-order valence-electron chi connectivity index (χ0n) is 17.2. The van der Waals surface area contributed by atoms with Gasteiger partial charge in [0.2, 0.25) is 11.9 Å². The summed E-state index contributed by atoms with van der Waals surface area (Å²) in [5, 5.41) is 7.42. The second-order valence-corrected chi connectivity index (χ2v) is 8.07. The molecule has 5 rings (SSSR count). The second kappa shape index (κ2) is 9.44. The van der Waals surface area contributed by atoms with Gasteiger partial charge >= 0.3 is 0 Å². The first-order chi connectivity index (χ1) is 15.2. The number of halogens is 1. The first-order valence-electron chi connectivity index (χ1n) is 10.4. The predicted octanol–water partition coefficient (Wildman–Crippen LogP) is 6.73. The molecule has 0 radical (unpaired) electrons. The highest BCUT2D eigenvalue weighted by Crippen LogP contribution is 2.36. The van der Waals surface area contributed by atoms with Crippen molar-refractivity contribution in [3.8, 4) is 5.75 Å². The number of fused-ring (bicyclic) bond motifs is 1. The van der Waals surface area contributed by atoms with E-state index in [1.165, 1.54) is 12.8 Å². The molecule has 2 heterocycles. The lowest BCUT2D eigenvalue weighted by Crippen LogP contribution is -2.10. The van der Waals surface area contributed by atoms with E-state index in [9.17, 15) is 0 Å². The van der Waals surface area contributed by atoms with Gasteiger partial charge in [0, 0.05) is 22.4 Å². The zero-order valence-corrected chi connectivity index (χ0v) is 17.9. The third-order valence-corrected chi connectivity index (χ3v) is 5.82. The molecule has 0 saturated heterocycles. The molecule has 7 nitrogen and oxygen atoms in total. The molecule has 1 aliphatic rings. The van der Waals surface area contributed by atoms with Gasteiger partial charge in [-0.2, -0.15) is 4.98 Å². The van der Waals surface area contributed by atoms with Crippen molar-refractivity contribution in [2.75, 3.05) is 17.7 Å². The average molecular weight is 451 g/mol. The van der Waals surface area contributed by atoms with E-state index in [0.717, 1.165) is 47.1 Å². The van der Waals surface area contributed by atoms with Gasteiger partial charge in [0.25, 0.3) is 0 Å². The molecule has 4 aromatic rings. The normalized spacial score (nSPS) is 13.7. The van der Waals surface area contributed by atoms with Gasteiger partial charge < -0.3 is 15.4 Å². The Kier molecular flexibility index (Phi) is 6.46. The summed E-state index contributed by atoms with van der Waals surface area (Å²) in [6.45, 7) is 0. The van der Waals surface area contributed by atoms with Crippen LogP contribution in [0.5, 0.6) is 5.75 Å². The fourth-order valence-electron chi connectivity index (χ4n) is 4.01. The molecule has 0 aliphatic heterocycles. The van der Waals surface area contributed by atoms with Gasteiger partial charge in [0.15, 0.2) is 5.65 Å². The van der Waals surface area contributed by atoms with Crippen molar-refractivity contribution in [1.82, 2.24) is 19.5 Å². The third kappa shape index (κ3) is 4.48. The van der Waals surface area contributed by atoms with E-state index in [2.05, 4.69) is 20.2 Å². The van der Waals surface area contributed by atoms with Crippen LogP contribution in [-0.2, 0) is 0 Å². The van der Waals surface area contributed by atoms with Crippen molar-refractivity contribution in [2.24, 2.45) is 0 Å². The number of nitrogens with one attached hydrogen (secondary N) is 2. The van der Waals surface area contributed by atoms with E-state index in [1.54, 1.807) is 13.3 Å². The van der Waals surface area contributed by atoms with Gasteiger partial charge in [0.05, 0.1) is 13.3 Å². The largest absolute Gasteiger partial charge is 0.497 e. The SMILES string of the molecule is C.COc1ccc(Nc2ncc3nc(Nc4ccc(Cl)cc4)n(C4CCCC4)c3n2)cc1. The van der Waals surface area contributed by atoms with Crippen molar-refractivity contribution in [2.45, 2.75) is 39.2 Å². The fourth-order valence-corrected chi connectivity index (χ4v) is 4.14. The van der Waals surface area contributed by atoms with Crippen molar-refractivity contribution < 1.29 is 4.74 Å². The monoisotopic (exact) mass is 450 g/mol. The summed E-state index contributed by atoms with van der Waals surface area (Å²) in [6, 6.07) is 15.7. The van der Waals surface area contributed by atoms with Crippen LogP contribution in [0.3, 0.4) is 0 Å². The number of methoxy groups -OCH3 is 1. The van der Waals surface area contributed by atoms with Crippen molar-refractivity contribution in [3.63, 3.8) is 0 Å². The van der Waals surface area contributed by atoms with Crippen LogP contribution in [0.15, 0.2) is 54.7 Å². The van der Waals surface area contributed by atoms with Crippen LogP contribution in [-0.4, -0.2) is 26.6 Å². The summed E-state index contributed by atoms with van der Waals surface area (Å²) in [5.74, 6) is 2.12. The minimum absolute atomic E-state index is 0. The molecular formula is C24H27ClN6O. The quantitative estimate of drug-likeness (QED) is 0.339. The first kappa shape index (κ1) is 21.9. The lowest BCUT2D eigenvalue weighted by atomic mass is 10.2. The third-order valence-electron chi connectivity index (χ3n) is 5.57. The maximum Gasteiger partial charge on any atom is 0.229 e. The highest BCUT2D eigenvalue weighted by Gasteiger charge is 2.24. The number of rotatable bonds is 6. The molecule has 0 unspecified atom stereocenters. The first-order valence-corrected chi connectivity index (χ1v) is 10.8. The van der Waals surface area contributed by atoms with E-state index in [1.807, 2.05) is 48.5 Å². The molecule has 32 heavy (non-hydrogen) atoms. The van der Waals surface area contributed by atoms with Crippen LogP contribution in [0.1, 0.15) is 39.2 Å². The van der Waals surface area contributed by atoms with Gasteiger partial charge in [0.1, 0.15) is 11.3 Å². The molecule has 2 aromatic heterocycles. The number of nitrogens with zero attached hydrogens (tertiary/aromatic N) is 4. The molecule has 1 aliphatic carbocycles. The van der Waals surface area contributed by atoms with E-state index in [4.69, 9.17) is 26.3 Å². The number of hydrogen-bond donors (Lipinski definition) is 2. The standard InChI is InChI=1S/C23H23ClN6O.CH4/c1-31-19-12-10-16(11-13-19)26-22-25-14-20-21(29-22)30(18-4-2-3-5-18)23(28-20)27-17-8-6-15(24)7-9-17;/h6-14,18H,2-5H2,1H3,(H,27,28)(H,25,26,29);1H4. The molecule has 0 spiro atoms. The maximum atomic E-state index is 6.03. The van der Waals surface area contributed by atoms with E-state index in [-0.39, 0.29) is 7.43 Å². The average Bonchev–Trinajstić information content (AvgIpc) is 3.43. The lowest BCUT2D eigenvalue weighted by molar-refractivity contribution is 0.415. The molecular weight excluding hydrogens is 424 g/mol. The summed E-state index contributed by atoms with van der Waals surface area (Å²) in [5.41, 5.74) is 3.42. The Morgan fingerprint density at radius 3 is 2.28 bits per heavy atom. The highest BCUT2D eigenvalue weighted by molar-refractivity contribution is 6.30. The van der Waals surface area contributed by atoms with Gasteiger partial charge in [-0.1, -0.05) is 31.9 Å². The number of benzene rings is 2. The minimum Gasteiger partial charge on any atom is -0.497 e. The Bertz CT molecular complexity index is 1180. The van der Waals surface area contributed by atoms with Gasteiger partial charge in [-0.15, -0.1) is 0 Å². The second-order valence-electron chi connectivity index (χ2n) is 7.63. The molecule has 0 amide bonds. The Balaban J connectivity index is 0.00000245. The molecule has 2 aromatic carbocycles. The zero-order chi connectivity index (χ0) is 21.2. The Hall–Kier alpha value is -3.32. The molecule has 0 atom stereocenters. The predicted molar refractivity (Wildman–Crippen MR) is 131 cm³/mol. The summed E-state index contributed by atoms with van der Waals surface area (Å²) < 4.78 is 7.44. The summed E-state index contributed by atoms with van der Waals surface area (Å²) in [4.78, 5) is 14.1. The maximum absolute atomic E-state index is 6.03. The van der Waals surface area contributed by atoms with E-state index >= 15 is 0 Å². The number of aromatic nitrogens is 4. The fraction of sp³-hybridized carbons (Fsp3) is 0.292. The van der Waals surface area contributed by atoms with Crippen LogP contribution >= 0.6 is 11.6 Å². The van der Waals surface area contributed by atoms with Crippen LogP contribution in [0.4, 0.5) is 23.3 Å². The van der Waals surface area contributed by atoms with Crippen LogP contribution < -0.4 is 15.4 Å². The van der Waals surface area contributed by atoms with Crippen LogP contribution in [0.25, 0.3) is 11.2 Å². The van der Waals surface area contributed by atoms with Crippen LogP contribution in [0, 0.1) is 0 Å². The number of anilines is 4. The number of imidazole rings is 1. The smallest absolute Gasteiger partial charge is 0.229 e. The molecule has 166 valence electrons. The summed E-state index contributed by atoms with van der Waals surface area (Å²) in [7, 11) is 1.65. The van der Waals surface area contributed by atoms with Crippen molar-refractivity contribution >= 4 is 46.0 Å². The lowest BCUT2D eigenvalue weighted by Gasteiger charge is -2.16. The van der Waals surface area contributed by atoms with E-state index < -0.39 is 0 Å². The molecule has 0 bridgehead atoms. The van der Waals surface area contributed by atoms with Gasteiger partial charge in [-0.05, 0) is 61.4 Å². The molecule has 1 fully saturated rings. The Morgan fingerprint density at radius 2 is 1.59 bits per heavy atom. The topological polar surface area (TPSA) is 76.9 Å². The van der Waals surface area contributed by atoms with Crippen LogP contribution in [0.2, 0.25) is 5.02 Å². The number of ether oxygens (including phenoxy) is 1. The minimum atomic E-state index is 0. The Labute approximate surface area is 192 Å². The molecule has 8 heteroatoms. The van der Waals surface area contributed by atoms with E-state index in [0.29, 0.717) is 17.0 Å².